The molecule has 0 unspecified atom stereocenters. The minimum atomic E-state index is -0.387. The number of rotatable bonds is 4. The van der Waals surface area contributed by atoms with Crippen LogP contribution in [0.3, 0.4) is 0 Å². The molecule has 5 heteroatoms. The monoisotopic (exact) mass is 239 g/mol. The highest BCUT2D eigenvalue weighted by molar-refractivity contribution is 8.02. The van der Waals surface area contributed by atoms with Crippen LogP contribution in [0.25, 0.3) is 0 Å². The molecule has 0 spiro atoms. The Morgan fingerprint density at radius 2 is 2.19 bits per heavy atom. The van der Waals surface area contributed by atoms with Crippen molar-refractivity contribution >= 4 is 23.4 Å². The molecule has 1 rings (SSSR count). The van der Waals surface area contributed by atoms with Crippen molar-refractivity contribution in [2.75, 3.05) is 20.0 Å². The summed E-state index contributed by atoms with van der Waals surface area (Å²) in [6.45, 7) is 0. The van der Waals surface area contributed by atoms with Gasteiger partial charge >= 0.3 is 5.97 Å². The fourth-order valence-corrected chi connectivity index (χ4v) is 1.74. The van der Waals surface area contributed by atoms with Gasteiger partial charge in [0.15, 0.2) is 0 Å². The Hall–Kier alpha value is -1.62. The summed E-state index contributed by atoms with van der Waals surface area (Å²) in [7, 11) is 2.91. The lowest BCUT2D eigenvalue weighted by molar-refractivity contribution is -0.134. The van der Waals surface area contributed by atoms with Crippen molar-refractivity contribution in [3.63, 3.8) is 0 Å². The van der Waals surface area contributed by atoms with Crippen LogP contribution in [-0.2, 0) is 9.53 Å². The van der Waals surface area contributed by atoms with Crippen LogP contribution < -0.4 is 10.5 Å². The number of esters is 1. The lowest BCUT2D eigenvalue weighted by Gasteiger charge is -2.06. The third-order valence-corrected chi connectivity index (χ3v) is 2.65. The summed E-state index contributed by atoms with van der Waals surface area (Å²) in [4.78, 5) is 11.7. The highest BCUT2D eigenvalue weighted by atomic mass is 32.2. The predicted octanol–water partition coefficient (Wildman–Crippen LogP) is 2.06. The van der Waals surface area contributed by atoms with Crippen molar-refractivity contribution in [1.82, 2.24) is 0 Å². The summed E-state index contributed by atoms with van der Waals surface area (Å²) >= 11 is 1.36. The molecule has 16 heavy (non-hydrogen) atoms. The molecular formula is C11H13NO3S. The van der Waals surface area contributed by atoms with Crippen LogP contribution in [0.4, 0.5) is 5.69 Å². The number of nitrogens with two attached hydrogens (primary N) is 1. The van der Waals surface area contributed by atoms with Crippen LogP contribution in [0.5, 0.6) is 5.75 Å². The second-order valence-corrected chi connectivity index (χ2v) is 3.80. The van der Waals surface area contributed by atoms with E-state index in [-0.39, 0.29) is 5.97 Å². The van der Waals surface area contributed by atoms with E-state index >= 15 is 0 Å². The molecule has 1 aromatic rings. The molecule has 4 nitrogen and oxygen atoms in total. The van der Waals surface area contributed by atoms with Crippen LogP contribution in [0.15, 0.2) is 34.6 Å². The van der Waals surface area contributed by atoms with Gasteiger partial charge < -0.3 is 15.2 Å². The highest BCUT2D eigenvalue weighted by Crippen LogP contribution is 2.31. The summed E-state index contributed by atoms with van der Waals surface area (Å²) < 4.78 is 9.63. The van der Waals surface area contributed by atoms with Crippen LogP contribution in [-0.4, -0.2) is 20.2 Å². The van der Waals surface area contributed by atoms with Gasteiger partial charge in [-0.1, -0.05) is 11.8 Å². The lowest BCUT2D eigenvalue weighted by atomic mass is 10.3. The summed E-state index contributed by atoms with van der Waals surface area (Å²) in [5.41, 5.74) is 6.26. The van der Waals surface area contributed by atoms with Gasteiger partial charge in [0.05, 0.1) is 19.1 Å². The molecule has 0 heterocycles. The second-order valence-electron chi connectivity index (χ2n) is 2.85. The zero-order valence-corrected chi connectivity index (χ0v) is 9.91. The molecule has 0 amide bonds. The van der Waals surface area contributed by atoms with E-state index in [1.807, 2.05) is 6.07 Å². The van der Waals surface area contributed by atoms with E-state index in [9.17, 15) is 4.79 Å². The lowest BCUT2D eigenvalue weighted by Crippen LogP contribution is -1.93. The molecular weight excluding hydrogens is 226 g/mol. The molecule has 0 aliphatic rings. The van der Waals surface area contributed by atoms with Gasteiger partial charge in [0.25, 0.3) is 0 Å². The average Bonchev–Trinajstić information content (AvgIpc) is 2.30. The van der Waals surface area contributed by atoms with Crippen LogP contribution in [0, 0.1) is 0 Å². The molecule has 0 atom stereocenters. The normalized spacial score (nSPS) is 10.4. The molecule has 0 bridgehead atoms. The van der Waals surface area contributed by atoms with Gasteiger partial charge in [-0.15, -0.1) is 0 Å². The molecule has 0 aliphatic carbocycles. The predicted molar refractivity (Wildman–Crippen MR) is 64.4 cm³/mol. The van der Waals surface area contributed by atoms with Gasteiger partial charge in [0.1, 0.15) is 5.75 Å². The van der Waals surface area contributed by atoms with Crippen molar-refractivity contribution < 1.29 is 14.3 Å². The molecule has 0 fully saturated rings. The number of ether oxygens (including phenoxy) is 2. The SMILES string of the molecule is COC(=O)C=CSc1ccc(N)cc1OC. The van der Waals surface area contributed by atoms with Crippen LogP contribution >= 0.6 is 11.8 Å². The summed E-state index contributed by atoms with van der Waals surface area (Å²) in [6.07, 6.45) is 1.35. The van der Waals surface area contributed by atoms with E-state index in [0.717, 1.165) is 4.90 Å². The second kappa shape index (κ2) is 6.07. The molecule has 0 radical (unpaired) electrons. The smallest absolute Gasteiger partial charge is 0.330 e. The van der Waals surface area contributed by atoms with Crippen molar-refractivity contribution in [3.8, 4) is 5.75 Å². The molecule has 86 valence electrons. The molecule has 0 saturated heterocycles. The van der Waals surface area contributed by atoms with Crippen LogP contribution in [0.1, 0.15) is 0 Å². The standard InChI is InChI=1S/C11H13NO3S/c1-14-9-7-8(12)3-4-10(9)16-6-5-11(13)15-2/h3-7H,12H2,1-2H3. The summed E-state index contributed by atoms with van der Waals surface area (Å²) in [5.74, 6) is 0.293. The average molecular weight is 239 g/mol. The minimum absolute atomic E-state index is 0.387. The van der Waals surface area contributed by atoms with Gasteiger partial charge in [-0.3, -0.25) is 0 Å². The molecule has 1 aromatic carbocycles. The third-order valence-electron chi connectivity index (χ3n) is 1.79. The number of hydrogen-bond acceptors (Lipinski definition) is 5. The maximum Gasteiger partial charge on any atom is 0.330 e. The Morgan fingerprint density at radius 3 is 2.81 bits per heavy atom. The Balaban J connectivity index is 2.73. The zero-order valence-electron chi connectivity index (χ0n) is 9.10. The first-order valence-electron chi connectivity index (χ1n) is 4.52. The van der Waals surface area contributed by atoms with E-state index in [4.69, 9.17) is 10.5 Å². The Morgan fingerprint density at radius 1 is 1.44 bits per heavy atom. The van der Waals surface area contributed by atoms with E-state index in [1.165, 1.54) is 24.9 Å². The highest BCUT2D eigenvalue weighted by Gasteiger charge is 2.02. The summed E-state index contributed by atoms with van der Waals surface area (Å²) in [5, 5.41) is 1.64. The van der Waals surface area contributed by atoms with Gasteiger partial charge in [0.2, 0.25) is 0 Å². The van der Waals surface area contributed by atoms with E-state index in [0.29, 0.717) is 11.4 Å². The Kier molecular flexibility index (Phi) is 4.72. The first-order valence-corrected chi connectivity index (χ1v) is 5.40. The maximum absolute atomic E-state index is 10.8. The van der Waals surface area contributed by atoms with Crippen molar-refractivity contribution in [1.29, 1.82) is 0 Å². The number of methoxy groups -OCH3 is 2. The Bertz CT molecular complexity index is 404. The van der Waals surface area contributed by atoms with Crippen molar-refractivity contribution in [2.45, 2.75) is 4.90 Å². The van der Waals surface area contributed by atoms with E-state index < -0.39 is 0 Å². The number of anilines is 1. The number of nitrogen functional groups attached to an aromatic ring is 1. The Labute approximate surface area is 98.4 Å². The van der Waals surface area contributed by atoms with Gasteiger partial charge in [0, 0.05) is 17.8 Å². The molecule has 2 N–H and O–H groups in total. The minimum Gasteiger partial charge on any atom is -0.495 e. The third kappa shape index (κ3) is 3.51. The van der Waals surface area contributed by atoms with Gasteiger partial charge in [-0.25, -0.2) is 4.79 Å². The molecule has 0 aromatic heterocycles. The fourth-order valence-electron chi connectivity index (χ4n) is 1.01. The number of hydrogen-bond donors (Lipinski definition) is 1. The molecule has 0 saturated carbocycles. The largest absolute Gasteiger partial charge is 0.495 e. The summed E-state index contributed by atoms with van der Waals surface area (Å²) in [6, 6.07) is 5.34. The van der Waals surface area contributed by atoms with E-state index in [2.05, 4.69) is 4.74 Å². The van der Waals surface area contributed by atoms with Crippen molar-refractivity contribution in [2.24, 2.45) is 0 Å². The number of benzene rings is 1. The first-order chi connectivity index (χ1) is 7.67. The van der Waals surface area contributed by atoms with Crippen LogP contribution in [0.2, 0.25) is 0 Å². The van der Waals surface area contributed by atoms with Crippen molar-refractivity contribution in [3.05, 3.63) is 29.7 Å². The zero-order chi connectivity index (χ0) is 12.0. The maximum atomic E-state index is 10.8. The number of carbonyl (C=O) groups is 1. The van der Waals surface area contributed by atoms with Gasteiger partial charge in [-0.05, 0) is 17.5 Å². The quantitative estimate of drug-likeness (QED) is 0.377. The topological polar surface area (TPSA) is 61.5 Å². The number of carbonyl (C=O) groups excluding carboxylic acids is 1. The van der Waals surface area contributed by atoms with Gasteiger partial charge in [-0.2, -0.15) is 0 Å². The first kappa shape index (κ1) is 12.4. The molecule has 0 aliphatic heterocycles. The fraction of sp³-hybridized carbons (Fsp3) is 0.182. The number of thioether (sulfide) groups is 1. The van der Waals surface area contributed by atoms with E-state index in [1.54, 1.807) is 24.7 Å².